The lowest BCUT2D eigenvalue weighted by Crippen LogP contribution is -2.02. The zero-order valence-electron chi connectivity index (χ0n) is 12.4. The van der Waals surface area contributed by atoms with Gasteiger partial charge in [0.05, 0.1) is 5.69 Å². The number of rotatable bonds is 2. The summed E-state index contributed by atoms with van der Waals surface area (Å²) >= 11 is 1.68. The van der Waals surface area contributed by atoms with Crippen LogP contribution in [-0.2, 0) is 12.8 Å². The van der Waals surface area contributed by atoms with Gasteiger partial charge in [0.25, 0.3) is 0 Å². The fourth-order valence-electron chi connectivity index (χ4n) is 3.10. The predicted molar refractivity (Wildman–Crippen MR) is 94.0 cm³/mol. The van der Waals surface area contributed by atoms with Crippen LogP contribution in [0.2, 0.25) is 0 Å². The highest BCUT2D eigenvalue weighted by molar-refractivity contribution is 7.13. The first kappa shape index (κ1) is 13.5. The smallest absolute Gasteiger partial charge is 0.124 e. The number of thiazole rings is 1. The lowest BCUT2D eigenvalue weighted by Gasteiger charge is -2.16. The van der Waals surface area contributed by atoms with E-state index in [0.717, 1.165) is 22.0 Å². The second-order valence-corrected chi connectivity index (χ2v) is 6.71. The highest BCUT2D eigenvalue weighted by atomic mass is 32.1. The van der Waals surface area contributed by atoms with Crippen molar-refractivity contribution in [3.8, 4) is 21.8 Å². The van der Waals surface area contributed by atoms with E-state index in [0.29, 0.717) is 0 Å². The molecule has 110 valence electrons. The molecule has 0 fully saturated rings. The average Bonchev–Trinajstić information content (AvgIpc) is 3.04. The van der Waals surface area contributed by atoms with Crippen LogP contribution in [0.25, 0.3) is 21.8 Å². The van der Waals surface area contributed by atoms with Crippen LogP contribution in [0.1, 0.15) is 24.0 Å². The van der Waals surface area contributed by atoms with E-state index >= 15 is 0 Å². The molecule has 3 heteroatoms. The number of hydrogen-bond donors (Lipinski definition) is 1. The van der Waals surface area contributed by atoms with E-state index in [2.05, 4.69) is 29.6 Å². The normalized spacial score (nSPS) is 13.8. The maximum absolute atomic E-state index is 5.87. The van der Waals surface area contributed by atoms with Gasteiger partial charge in [-0.15, -0.1) is 11.3 Å². The molecule has 0 amide bonds. The Hall–Kier alpha value is -2.13. The molecular weight excluding hydrogens is 288 g/mol. The zero-order chi connectivity index (χ0) is 14.9. The van der Waals surface area contributed by atoms with Gasteiger partial charge in [-0.3, -0.25) is 0 Å². The largest absolute Gasteiger partial charge is 0.399 e. The summed E-state index contributed by atoms with van der Waals surface area (Å²) < 4.78 is 0. The third-order valence-corrected chi connectivity index (χ3v) is 5.17. The van der Waals surface area contributed by atoms with Gasteiger partial charge in [0.15, 0.2) is 0 Å². The molecule has 1 heterocycles. The molecule has 0 spiro atoms. The second kappa shape index (κ2) is 5.58. The van der Waals surface area contributed by atoms with E-state index in [1.807, 2.05) is 18.2 Å². The van der Waals surface area contributed by atoms with Gasteiger partial charge in [-0.1, -0.05) is 24.3 Å². The first-order valence-corrected chi connectivity index (χ1v) is 8.61. The van der Waals surface area contributed by atoms with Gasteiger partial charge in [-0.2, -0.15) is 0 Å². The van der Waals surface area contributed by atoms with E-state index in [4.69, 9.17) is 10.7 Å². The molecular formula is C19H18N2S. The summed E-state index contributed by atoms with van der Waals surface area (Å²) in [6.07, 6.45) is 5.06. The predicted octanol–water partition coefficient (Wildman–Crippen LogP) is 4.94. The third-order valence-electron chi connectivity index (χ3n) is 4.28. The Labute approximate surface area is 134 Å². The van der Waals surface area contributed by atoms with Crippen LogP contribution in [0.15, 0.2) is 47.8 Å². The van der Waals surface area contributed by atoms with Crippen LogP contribution in [0, 0.1) is 0 Å². The Balaban J connectivity index is 1.69. The minimum atomic E-state index is 0.781. The Bertz CT molecular complexity index is 820. The molecule has 0 saturated carbocycles. The van der Waals surface area contributed by atoms with Crippen LogP contribution >= 0.6 is 11.3 Å². The Morgan fingerprint density at radius 3 is 2.64 bits per heavy atom. The van der Waals surface area contributed by atoms with Gasteiger partial charge in [-0.05, 0) is 55.0 Å². The van der Waals surface area contributed by atoms with Crippen molar-refractivity contribution in [2.24, 2.45) is 0 Å². The van der Waals surface area contributed by atoms with Crippen molar-refractivity contribution < 1.29 is 0 Å². The van der Waals surface area contributed by atoms with Crippen molar-refractivity contribution in [2.45, 2.75) is 25.7 Å². The fourth-order valence-corrected chi connectivity index (χ4v) is 3.93. The fraction of sp³-hybridized carbons (Fsp3) is 0.211. The highest BCUT2D eigenvalue weighted by Gasteiger charge is 2.12. The number of benzene rings is 2. The van der Waals surface area contributed by atoms with E-state index in [9.17, 15) is 0 Å². The topological polar surface area (TPSA) is 38.9 Å². The standard InChI is InChI=1S/C19H18N2S/c20-17-7-3-6-16(11-17)19-21-18(12-22-19)15-9-8-13-4-1-2-5-14(13)10-15/h3,6-12H,1-2,4-5,20H2. The monoisotopic (exact) mass is 306 g/mol. The van der Waals surface area contributed by atoms with Crippen molar-refractivity contribution in [1.82, 2.24) is 4.98 Å². The third kappa shape index (κ3) is 2.53. The van der Waals surface area contributed by atoms with Crippen LogP contribution in [0.3, 0.4) is 0 Å². The molecule has 1 aromatic heterocycles. The van der Waals surface area contributed by atoms with Gasteiger partial charge in [0.1, 0.15) is 5.01 Å². The number of nitrogens with two attached hydrogens (primary N) is 1. The maximum atomic E-state index is 5.87. The molecule has 0 atom stereocenters. The van der Waals surface area contributed by atoms with Gasteiger partial charge in [0, 0.05) is 22.2 Å². The molecule has 0 aliphatic heterocycles. The summed E-state index contributed by atoms with van der Waals surface area (Å²) in [5.41, 5.74) is 13.1. The minimum absolute atomic E-state index is 0.781. The van der Waals surface area contributed by atoms with Crippen molar-refractivity contribution in [2.75, 3.05) is 5.73 Å². The summed E-state index contributed by atoms with van der Waals surface area (Å²) in [4.78, 5) is 4.80. The van der Waals surface area contributed by atoms with Gasteiger partial charge >= 0.3 is 0 Å². The van der Waals surface area contributed by atoms with Crippen molar-refractivity contribution in [1.29, 1.82) is 0 Å². The molecule has 0 bridgehead atoms. The van der Waals surface area contributed by atoms with Crippen molar-refractivity contribution in [3.63, 3.8) is 0 Å². The summed E-state index contributed by atoms with van der Waals surface area (Å²) in [6.45, 7) is 0. The van der Waals surface area contributed by atoms with Crippen LogP contribution < -0.4 is 5.73 Å². The molecule has 2 aromatic carbocycles. The van der Waals surface area contributed by atoms with Gasteiger partial charge in [0.2, 0.25) is 0 Å². The quantitative estimate of drug-likeness (QED) is 0.681. The van der Waals surface area contributed by atoms with Gasteiger partial charge < -0.3 is 5.73 Å². The van der Waals surface area contributed by atoms with Crippen molar-refractivity contribution in [3.05, 3.63) is 59.0 Å². The van der Waals surface area contributed by atoms with Gasteiger partial charge in [-0.25, -0.2) is 4.98 Å². The first-order chi connectivity index (χ1) is 10.8. The first-order valence-electron chi connectivity index (χ1n) is 7.73. The average molecular weight is 306 g/mol. The number of fused-ring (bicyclic) bond motifs is 1. The van der Waals surface area contributed by atoms with Crippen LogP contribution in [0.5, 0.6) is 0 Å². The molecule has 22 heavy (non-hydrogen) atoms. The number of aryl methyl sites for hydroxylation is 2. The minimum Gasteiger partial charge on any atom is -0.399 e. The Morgan fingerprint density at radius 2 is 1.77 bits per heavy atom. The van der Waals surface area contributed by atoms with E-state index < -0.39 is 0 Å². The molecule has 0 radical (unpaired) electrons. The Morgan fingerprint density at radius 1 is 0.909 bits per heavy atom. The summed E-state index contributed by atoms with van der Waals surface area (Å²) in [7, 11) is 0. The lowest BCUT2D eigenvalue weighted by atomic mass is 9.90. The lowest BCUT2D eigenvalue weighted by molar-refractivity contribution is 0.686. The number of nitrogen functional groups attached to an aromatic ring is 1. The summed E-state index contributed by atoms with van der Waals surface area (Å²) in [5.74, 6) is 0. The zero-order valence-corrected chi connectivity index (χ0v) is 13.2. The summed E-state index contributed by atoms with van der Waals surface area (Å²) in [5, 5.41) is 3.17. The number of anilines is 1. The molecule has 0 saturated heterocycles. The van der Waals surface area contributed by atoms with Crippen LogP contribution in [0.4, 0.5) is 5.69 Å². The molecule has 2 N–H and O–H groups in total. The van der Waals surface area contributed by atoms with E-state index in [1.165, 1.54) is 42.4 Å². The number of nitrogens with zero attached hydrogens (tertiary/aromatic N) is 1. The Kier molecular flexibility index (Phi) is 3.43. The maximum Gasteiger partial charge on any atom is 0.124 e. The molecule has 4 rings (SSSR count). The molecule has 1 aliphatic rings. The molecule has 2 nitrogen and oxygen atoms in total. The molecule has 1 aliphatic carbocycles. The SMILES string of the molecule is Nc1cccc(-c2nc(-c3ccc4c(c3)CCCC4)cs2)c1. The number of aromatic nitrogens is 1. The van der Waals surface area contributed by atoms with E-state index in [-0.39, 0.29) is 0 Å². The number of hydrogen-bond acceptors (Lipinski definition) is 3. The van der Waals surface area contributed by atoms with Crippen molar-refractivity contribution >= 4 is 17.0 Å². The highest BCUT2D eigenvalue weighted by Crippen LogP contribution is 2.32. The molecule has 3 aromatic rings. The van der Waals surface area contributed by atoms with E-state index in [1.54, 1.807) is 11.3 Å². The summed E-state index contributed by atoms with van der Waals surface area (Å²) in [6, 6.07) is 14.7. The second-order valence-electron chi connectivity index (χ2n) is 5.85. The molecule has 0 unspecified atom stereocenters. The van der Waals surface area contributed by atoms with Crippen LogP contribution in [-0.4, -0.2) is 4.98 Å².